The van der Waals surface area contributed by atoms with Gasteiger partial charge in [-0.1, -0.05) is 18.0 Å². The highest BCUT2D eigenvalue weighted by Gasteiger charge is 2.24. The average Bonchev–Trinajstić information content (AvgIpc) is 2.25. The Balaban J connectivity index is 2.07. The Labute approximate surface area is 101 Å². The first-order valence-corrected chi connectivity index (χ1v) is 6.15. The van der Waals surface area contributed by atoms with Gasteiger partial charge in [0.2, 0.25) is 0 Å². The van der Waals surface area contributed by atoms with Crippen molar-refractivity contribution in [2.75, 3.05) is 0 Å². The Morgan fingerprint density at radius 1 is 1.31 bits per heavy atom. The molecular formula is C13H17ClO2. The zero-order valence-electron chi connectivity index (χ0n) is 9.45. The number of aryl methyl sites for hydroxylation is 1. The maximum absolute atomic E-state index is 9.82. The molecule has 0 unspecified atom stereocenters. The van der Waals surface area contributed by atoms with E-state index in [1.807, 2.05) is 25.1 Å². The molecule has 2 nitrogen and oxygen atoms in total. The molecule has 16 heavy (non-hydrogen) atoms. The van der Waals surface area contributed by atoms with Gasteiger partial charge in [0.05, 0.1) is 6.10 Å². The van der Waals surface area contributed by atoms with Crippen LogP contribution in [0.5, 0.6) is 5.75 Å². The number of hydrogen-bond donors (Lipinski definition) is 1. The van der Waals surface area contributed by atoms with Gasteiger partial charge in [0.1, 0.15) is 11.9 Å². The van der Waals surface area contributed by atoms with Crippen molar-refractivity contribution in [2.24, 2.45) is 0 Å². The van der Waals surface area contributed by atoms with Gasteiger partial charge in [-0.15, -0.1) is 0 Å². The maximum Gasteiger partial charge on any atom is 0.124 e. The van der Waals surface area contributed by atoms with Crippen LogP contribution in [0.4, 0.5) is 0 Å². The molecule has 3 heteroatoms. The minimum atomic E-state index is -0.330. The van der Waals surface area contributed by atoms with Crippen LogP contribution in [0.15, 0.2) is 18.2 Å². The molecule has 2 atom stereocenters. The molecule has 1 aliphatic carbocycles. The largest absolute Gasteiger partial charge is 0.487 e. The van der Waals surface area contributed by atoms with Gasteiger partial charge in [-0.3, -0.25) is 0 Å². The van der Waals surface area contributed by atoms with Gasteiger partial charge in [-0.25, -0.2) is 0 Å². The predicted molar refractivity (Wildman–Crippen MR) is 65.1 cm³/mol. The zero-order valence-corrected chi connectivity index (χ0v) is 10.2. The summed E-state index contributed by atoms with van der Waals surface area (Å²) >= 11 is 5.88. The summed E-state index contributed by atoms with van der Waals surface area (Å²) in [5.74, 6) is 0.829. The lowest BCUT2D eigenvalue weighted by Crippen LogP contribution is -2.34. The van der Waals surface area contributed by atoms with Crippen molar-refractivity contribution in [1.82, 2.24) is 0 Å². The fourth-order valence-corrected chi connectivity index (χ4v) is 2.35. The van der Waals surface area contributed by atoms with Crippen LogP contribution in [-0.2, 0) is 0 Å². The van der Waals surface area contributed by atoms with E-state index in [1.165, 1.54) is 0 Å². The molecule has 1 saturated carbocycles. The van der Waals surface area contributed by atoms with Gasteiger partial charge in [-0.05, 0) is 49.9 Å². The standard InChI is InChI=1S/C13H17ClO2/c1-9-8-10(14)6-7-12(9)16-13-5-3-2-4-11(13)15/h6-8,11,13,15H,2-5H2,1H3/t11-,13-/m1/s1. The molecule has 0 bridgehead atoms. The molecule has 0 radical (unpaired) electrons. The molecule has 0 saturated heterocycles. The second-order valence-corrected chi connectivity index (χ2v) is 4.85. The number of benzene rings is 1. The molecule has 0 aromatic heterocycles. The van der Waals surface area contributed by atoms with Crippen LogP contribution in [0.2, 0.25) is 5.02 Å². The van der Waals surface area contributed by atoms with Crippen LogP contribution < -0.4 is 4.74 Å². The Hall–Kier alpha value is -0.730. The first-order valence-electron chi connectivity index (χ1n) is 5.77. The number of ether oxygens (including phenoxy) is 1. The van der Waals surface area contributed by atoms with Gasteiger partial charge in [0.25, 0.3) is 0 Å². The number of hydrogen-bond acceptors (Lipinski definition) is 2. The summed E-state index contributed by atoms with van der Waals surface area (Å²) in [5.41, 5.74) is 1.02. The lowest BCUT2D eigenvalue weighted by atomic mass is 9.95. The van der Waals surface area contributed by atoms with Crippen molar-refractivity contribution >= 4 is 11.6 Å². The predicted octanol–water partition coefficient (Wildman–Crippen LogP) is 3.33. The zero-order chi connectivity index (χ0) is 11.5. The molecule has 2 rings (SSSR count). The van der Waals surface area contributed by atoms with Crippen molar-refractivity contribution in [3.63, 3.8) is 0 Å². The van der Waals surface area contributed by atoms with Crippen LogP contribution in [0.1, 0.15) is 31.2 Å². The van der Waals surface area contributed by atoms with Gasteiger partial charge >= 0.3 is 0 Å². The van der Waals surface area contributed by atoms with Gasteiger partial charge < -0.3 is 9.84 Å². The SMILES string of the molecule is Cc1cc(Cl)ccc1O[C@@H]1CCCC[C@H]1O. The smallest absolute Gasteiger partial charge is 0.124 e. The van der Waals surface area contributed by atoms with Crippen LogP contribution >= 0.6 is 11.6 Å². The van der Waals surface area contributed by atoms with E-state index in [1.54, 1.807) is 0 Å². The third kappa shape index (κ3) is 2.69. The summed E-state index contributed by atoms with van der Waals surface area (Å²) in [5, 5.41) is 10.5. The molecule has 0 amide bonds. The lowest BCUT2D eigenvalue weighted by Gasteiger charge is -2.28. The first kappa shape index (κ1) is 11.7. The van der Waals surface area contributed by atoms with Crippen LogP contribution in [0, 0.1) is 6.92 Å². The Bertz CT molecular complexity index is 365. The third-order valence-electron chi connectivity index (χ3n) is 3.08. The Morgan fingerprint density at radius 2 is 2.06 bits per heavy atom. The average molecular weight is 241 g/mol. The van der Waals surface area contributed by atoms with E-state index in [0.29, 0.717) is 5.02 Å². The Kier molecular flexibility index (Phi) is 3.72. The fraction of sp³-hybridized carbons (Fsp3) is 0.538. The number of aliphatic hydroxyl groups is 1. The summed E-state index contributed by atoms with van der Waals surface area (Å²) in [6, 6.07) is 5.57. The van der Waals surface area contributed by atoms with Crippen LogP contribution in [-0.4, -0.2) is 17.3 Å². The Morgan fingerprint density at radius 3 is 2.75 bits per heavy atom. The minimum absolute atomic E-state index is 0.0615. The van der Waals surface area contributed by atoms with Crippen molar-refractivity contribution in [3.05, 3.63) is 28.8 Å². The number of aliphatic hydroxyl groups excluding tert-OH is 1. The van der Waals surface area contributed by atoms with E-state index in [-0.39, 0.29) is 12.2 Å². The summed E-state index contributed by atoms with van der Waals surface area (Å²) in [6.45, 7) is 1.97. The van der Waals surface area contributed by atoms with Crippen molar-refractivity contribution in [2.45, 2.75) is 44.8 Å². The topological polar surface area (TPSA) is 29.5 Å². The summed E-state index contributed by atoms with van der Waals surface area (Å²) in [6.07, 6.45) is 3.62. The van der Waals surface area contributed by atoms with Crippen molar-refractivity contribution in [1.29, 1.82) is 0 Å². The third-order valence-corrected chi connectivity index (χ3v) is 3.32. The molecule has 1 aromatic carbocycles. The monoisotopic (exact) mass is 240 g/mol. The second kappa shape index (κ2) is 5.07. The minimum Gasteiger partial charge on any atom is -0.487 e. The molecule has 88 valence electrons. The quantitative estimate of drug-likeness (QED) is 0.859. The fourth-order valence-electron chi connectivity index (χ4n) is 2.12. The number of halogens is 1. The molecule has 1 fully saturated rings. The van der Waals surface area contributed by atoms with E-state index >= 15 is 0 Å². The molecule has 1 N–H and O–H groups in total. The second-order valence-electron chi connectivity index (χ2n) is 4.42. The summed E-state index contributed by atoms with van der Waals surface area (Å²) < 4.78 is 5.84. The lowest BCUT2D eigenvalue weighted by molar-refractivity contribution is 0.00654. The number of rotatable bonds is 2. The highest BCUT2D eigenvalue weighted by molar-refractivity contribution is 6.30. The van der Waals surface area contributed by atoms with Crippen LogP contribution in [0.25, 0.3) is 0 Å². The highest BCUT2D eigenvalue weighted by Crippen LogP contribution is 2.27. The van der Waals surface area contributed by atoms with E-state index in [9.17, 15) is 5.11 Å². The first-order chi connectivity index (χ1) is 7.66. The van der Waals surface area contributed by atoms with Crippen LogP contribution in [0.3, 0.4) is 0 Å². The van der Waals surface area contributed by atoms with Gasteiger partial charge in [-0.2, -0.15) is 0 Å². The van der Waals surface area contributed by atoms with E-state index < -0.39 is 0 Å². The molecule has 1 aliphatic rings. The highest BCUT2D eigenvalue weighted by atomic mass is 35.5. The van der Waals surface area contributed by atoms with E-state index in [2.05, 4.69) is 0 Å². The van der Waals surface area contributed by atoms with Gasteiger partial charge in [0.15, 0.2) is 0 Å². The van der Waals surface area contributed by atoms with Gasteiger partial charge in [0, 0.05) is 5.02 Å². The van der Waals surface area contributed by atoms with E-state index in [4.69, 9.17) is 16.3 Å². The summed E-state index contributed by atoms with van der Waals surface area (Å²) in [7, 11) is 0. The van der Waals surface area contributed by atoms with Crippen molar-refractivity contribution in [3.8, 4) is 5.75 Å². The maximum atomic E-state index is 9.82. The molecule has 0 heterocycles. The normalized spacial score (nSPS) is 25.4. The molecule has 0 aliphatic heterocycles. The molecule has 1 aromatic rings. The molecule has 0 spiro atoms. The van der Waals surface area contributed by atoms with Crippen molar-refractivity contribution < 1.29 is 9.84 Å². The molecular weight excluding hydrogens is 224 g/mol. The summed E-state index contributed by atoms with van der Waals surface area (Å²) in [4.78, 5) is 0. The van der Waals surface area contributed by atoms with E-state index in [0.717, 1.165) is 37.0 Å².